The van der Waals surface area contributed by atoms with Crippen LogP contribution in [-0.4, -0.2) is 33.6 Å². The summed E-state index contributed by atoms with van der Waals surface area (Å²) < 4.78 is 1.65. The van der Waals surface area contributed by atoms with Gasteiger partial charge in [-0.2, -0.15) is 5.10 Å². The van der Waals surface area contributed by atoms with Crippen LogP contribution in [0.15, 0.2) is 29.1 Å². The largest absolute Gasteiger partial charge is 0.355 e. The molecule has 0 fully saturated rings. The van der Waals surface area contributed by atoms with Gasteiger partial charge in [0.2, 0.25) is 5.91 Å². The molecule has 2 amide bonds. The van der Waals surface area contributed by atoms with Crippen molar-refractivity contribution in [2.45, 2.75) is 26.7 Å². The summed E-state index contributed by atoms with van der Waals surface area (Å²) in [4.78, 5) is 39.2. The quantitative estimate of drug-likeness (QED) is 0.626. The summed E-state index contributed by atoms with van der Waals surface area (Å²) in [5, 5.41) is 10.6. The van der Waals surface area contributed by atoms with Crippen LogP contribution in [0.25, 0.3) is 11.0 Å². The van der Waals surface area contributed by atoms with Gasteiger partial charge in [-0.3, -0.25) is 19.1 Å². The Morgan fingerprint density at radius 2 is 1.86 bits per heavy atom. The molecule has 3 N–H and O–H groups in total. The van der Waals surface area contributed by atoms with Crippen LogP contribution in [0.3, 0.4) is 0 Å². The molecule has 0 radical (unpaired) electrons. The van der Waals surface area contributed by atoms with Crippen LogP contribution in [0.5, 0.6) is 0 Å². The monoisotopic (exact) mass is 381 g/mol. The van der Waals surface area contributed by atoms with Crippen LogP contribution in [0, 0.1) is 13.8 Å². The van der Waals surface area contributed by atoms with Crippen molar-refractivity contribution in [3.05, 3.63) is 57.0 Å². The predicted octanol–water partition coefficient (Wildman–Crippen LogP) is 1.81. The van der Waals surface area contributed by atoms with Crippen molar-refractivity contribution in [1.29, 1.82) is 0 Å². The number of H-pyrrole nitrogens is 1. The van der Waals surface area contributed by atoms with Crippen LogP contribution in [-0.2, 0) is 18.3 Å². The molecule has 0 spiro atoms. The molecule has 0 aliphatic heterocycles. The highest BCUT2D eigenvalue weighted by Crippen LogP contribution is 2.21. The third kappa shape index (κ3) is 3.66. The van der Waals surface area contributed by atoms with Crippen LogP contribution < -0.4 is 16.2 Å². The van der Waals surface area contributed by atoms with Gasteiger partial charge in [0.15, 0.2) is 0 Å². The van der Waals surface area contributed by atoms with Gasteiger partial charge in [-0.15, -0.1) is 0 Å². The second-order valence-electron chi connectivity index (χ2n) is 6.69. The molecule has 0 aliphatic carbocycles. The number of fused-ring (bicyclic) bond motifs is 1. The Kier molecular flexibility index (Phi) is 5.30. The number of benzene rings is 1. The highest BCUT2D eigenvalue weighted by Gasteiger charge is 2.16. The number of nitrogens with zero attached hydrogens (tertiary/aromatic N) is 2. The Labute approximate surface area is 162 Å². The lowest BCUT2D eigenvalue weighted by molar-refractivity contribution is -0.116. The molecule has 8 heteroatoms. The first-order valence-corrected chi connectivity index (χ1v) is 8.99. The molecule has 0 unspecified atom stereocenters. The van der Waals surface area contributed by atoms with Crippen molar-refractivity contribution in [1.82, 2.24) is 20.1 Å². The highest BCUT2D eigenvalue weighted by atomic mass is 16.2. The molecule has 0 atom stereocenters. The van der Waals surface area contributed by atoms with E-state index in [4.69, 9.17) is 0 Å². The second kappa shape index (κ2) is 7.67. The number of hydrogen-bond acceptors (Lipinski definition) is 4. The van der Waals surface area contributed by atoms with Gasteiger partial charge < -0.3 is 15.6 Å². The number of amides is 2. The van der Waals surface area contributed by atoms with E-state index in [2.05, 4.69) is 20.7 Å². The molecule has 8 nitrogen and oxygen atoms in total. The van der Waals surface area contributed by atoms with Gasteiger partial charge in [0, 0.05) is 42.7 Å². The van der Waals surface area contributed by atoms with Crippen molar-refractivity contribution < 1.29 is 9.59 Å². The zero-order valence-electron chi connectivity index (χ0n) is 16.3. The number of hydrogen-bond donors (Lipinski definition) is 3. The van der Waals surface area contributed by atoms with Crippen LogP contribution >= 0.6 is 0 Å². The topological polar surface area (TPSA) is 109 Å². The van der Waals surface area contributed by atoms with E-state index < -0.39 is 0 Å². The van der Waals surface area contributed by atoms with Gasteiger partial charge in [0.25, 0.3) is 11.5 Å². The summed E-state index contributed by atoms with van der Waals surface area (Å²) in [6.45, 7) is 3.78. The Bertz CT molecular complexity index is 1110. The van der Waals surface area contributed by atoms with E-state index in [1.165, 1.54) is 0 Å². The van der Waals surface area contributed by atoms with Crippen molar-refractivity contribution in [2.75, 3.05) is 12.4 Å². The average Bonchev–Trinajstić information content (AvgIpc) is 2.95. The Hall–Kier alpha value is -3.42. The summed E-state index contributed by atoms with van der Waals surface area (Å²) in [5.41, 5.74) is 3.89. The van der Waals surface area contributed by atoms with E-state index in [1.54, 1.807) is 43.0 Å². The normalized spacial score (nSPS) is 10.9. The third-order valence-electron chi connectivity index (χ3n) is 4.82. The third-order valence-corrected chi connectivity index (χ3v) is 4.82. The zero-order chi connectivity index (χ0) is 20.4. The maximum absolute atomic E-state index is 12.4. The minimum atomic E-state index is -0.200. The fourth-order valence-corrected chi connectivity index (χ4v) is 3.37. The highest BCUT2D eigenvalue weighted by molar-refractivity contribution is 5.95. The number of anilines is 1. The number of rotatable bonds is 5. The Morgan fingerprint density at radius 3 is 2.50 bits per heavy atom. The van der Waals surface area contributed by atoms with Crippen molar-refractivity contribution >= 4 is 28.5 Å². The molecule has 2 aromatic heterocycles. The summed E-state index contributed by atoms with van der Waals surface area (Å²) in [6, 6.07) is 6.63. The fourth-order valence-electron chi connectivity index (χ4n) is 3.37. The molecule has 3 aromatic rings. The minimum absolute atomic E-state index is 0.173. The molecular weight excluding hydrogens is 358 g/mol. The van der Waals surface area contributed by atoms with Crippen molar-refractivity contribution in [2.24, 2.45) is 7.05 Å². The first-order chi connectivity index (χ1) is 13.3. The van der Waals surface area contributed by atoms with E-state index in [1.807, 2.05) is 13.8 Å². The molecule has 146 valence electrons. The van der Waals surface area contributed by atoms with Crippen LogP contribution in [0.1, 0.15) is 33.6 Å². The van der Waals surface area contributed by atoms with E-state index in [9.17, 15) is 14.4 Å². The van der Waals surface area contributed by atoms with Gasteiger partial charge in [-0.1, -0.05) is 0 Å². The molecule has 0 aliphatic rings. The lowest BCUT2D eigenvalue weighted by Gasteiger charge is -2.09. The summed E-state index contributed by atoms with van der Waals surface area (Å²) in [7, 11) is 3.35. The molecule has 3 rings (SSSR count). The van der Waals surface area contributed by atoms with E-state index in [0.717, 1.165) is 16.6 Å². The standard InChI is InChI=1S/C20H23N5O3/c1-11-15(20(28)23-18-17(11)12(2)24-25(18)4)9-10-16(26)22-14-7-5-13(6-8-14)19(27)21-3/h5-8H,9-10H2,1-4H3,(H,21,27)(H,22,26)(H,23,28). The maximum atomic E-state index is 12.4. The Balaban J connectivity index is 1.72. The van der Waals surface area contributed by atoms with Crippen molar-refractivity contribution in [3.63, 3.8) is 0 Å². The van der Waals surface area contributed by atoms with Gasteiger partial charge in [-0.25, -0.2) is 0 Å². The first-order valence-electron chi connectivity index (χ1n) is 8.99. The van der Waals surface area contributed by atoms with Crippen LogP contribution in [0.2, 0.25) is 0 Å². The molecule has 0 bridgehead atoms. The number of carbonyl (C=O) groups excluding carboxylic acids is 2. The minimum Gasteiger partial charge on any atom is -0.355 e. The number of pyridine rings is 1. The number of carbonyl (C=O) groups is 2. The smallest absolute Gasteiger partial charge is 0.253 e. The van der Waals surface area contributed by atoms with Crippen molar-refractivity contribution in [3.8, 4) is 0 Å². The fraction of sp³-hybridized carbons (Fsp3) is 0.300. The second-order valence-corrected chi connectivity index (χ2v) is 6.69. The van der Waals surface area contributed by atoms with E-state index in [0.29, 0.717) is 28.9 Å². The number of nitrogens with one attached hydrogen (secondary N) is 3. The van der Waals surface area contributed by atoms with E-state index >= 15 is 0 Å². The van der Waals surface area contributed by atoms with Gasteiger partial charge in [0.05, 0.1) is 5.69 Å². The molecule has 0 saturated heterocycles. The lowest BCUT2D eigenvalue weighted by Crippen LogP contribution is -2.19. The maximum Gasteiger partial charge on any atom is 0.253 e. The first kappa shape index (κ1) is 19.3. The number of aryl methyl sites for hydroxylation is 3. The molecule has 0 saturated carbocycles. The summed E-state index contributed by atoms with van der Waals surface area (Å²) in [5.74, 6) is -0.386. The SMILES string of the molecule is CNC(=O)c1ccc(NC(=O)CCc2c(C)c3c(C)nn(C)c3[nH]c2=O)cc1. The Morgan fingerprint density at radius 1 is 1.18 bits per heavy atom. The summed E-state index contributed by atoms with van der Waals surface area (Å²) in [6.07, 6.45) is 0.500. The van der Waals surface area contributed by atoms with E-state index in [-0.39, 0.29) is 23.8 Å². The van der Waals surface area contributed by atoms with Crippen LogP contribution in [0.4, 0.5) is 5.69 Å². The van der Waals surface area contributed by atoms with Gasteiger partial charge in [-0.05, 0) is 50.1 Å². The molecule has 1 aromatic carbocycles. The molecule has 28 heavy (non-hydrogen) atoms. The molecule has 2 heterocycles. The van der Waals surface area contributed by atoms with Gasteiger partial charge in [0.1, 0.15) is 5.65 Å². The number of aromatic amines is 1. The molecular formula is C20H23N5O3. The lowest BCUT2D eigenvalue weighted by atomic mass is 10.0. The summed E-state index contributed by atoms with van der Waals surface area (Å²) >= 11 is 0. The average molecular weight is 381 g/mol. The number of aromatic nitrogens is 3. The zero-order valence-corrected chi connectivity index (χ0v) is 16.3. The van der Waals surface area contributed by atoms with Gasteiger partial charge >= 0.3 is 0 Å². The predicted molar refractivity (Wildman–Crippen MR) is 108 cm³/mol.